The van der Waals surface area contributed by atoms with Gasteiger partial charge < -0.3 is 9.80 Å². The number of aryl methyl sites for hydroxylation is 1. The van der Waals surface area contributed by atoms with Crippen LogP contribution in [-0.4, -0.2) is 46.7 Å². The quantitative estimate of drug-likeness (QED) is 0.839. The van der Waals surface area contributed by atoms with Gasteiger partial charge in [0.05, 0.1) is 12.2 Å². The van der Waals surface area contributed by atoms with E-state index < -0.39 is 0 Å². The number of benzene rings is 1. The molecule has 2 aromatic rings. The van der Waals surface area contributed by atoms with Gasteiger partial charge in [0.25, 0.3) is 5.91 Å². The molecule has 1 aromatic heterocycles. The van der Waals surface area contributed by atoms with Crippen molar-refractivity contribution in [2.75, 3.05) is 20.1 Å². The summed E-state index contributed by atoms with van der Waals surface area (Å²) in [5, 5.41) is 0. The van der Waals surface area contributed by atoms with Crippen LogP contribution in [0.4, 0.5) is 0 Å². The molecular formula is C22H25N3O2. The second-order valence-electron chi connectivity index (χ2n) is 7.98. The van der Waals surface area contributed by atoms with Gasteiger partial charge in [0.15, 0.2) is 0 Å². The fraction of sp³-hybridized carbons (Fsp3) is 0.409. The number of likely N-dealkylation sites (tertiary alicyclic amines) is 1. The van der Waals surface area contributed by atoms with Crippen molar-refractivity contribution >= 4 is 11.8 Å². The molecule has 5 heteroatoms. The van der Waals surface area contributed by atoms with E-state index in [1.165, 1.54) is 0 Å². The fourth-order valence-corrected chi connectivity index (χ4v) is 4.17. The Balaban J connectivity index is 1.37. The molecule has 1 aromatic carbocycles. The minimum Gasteiger partial charge on any atom is -0.340 e. The first-order valence-electron chi connectivity index (χ1n) is 9.49. The van der Waals surface area contributed by atoms with Gasteiger partial charge in [-0.1, -0.05) is 23.8 Å². The van der Waals surface area contributed by atoms with E-state index >= 15 is 0 Å². The molecule has 1 saturated heterocycles. The van der Waals surface area contributed by atoms with E-state index in [1.807, 2.05) is 61.3 Å². The molecule has 2 atom stereocenters. The van der Waals surface area contributed by atoms with Gasteiger partial charge in [0.1, 0.15) is 0 Å². The number of hydrogen-bond donors (Lipinski definition) is 0. The Hall–Kier alpha value is -2.69. The second kappa shape index (κ2) is 6.80. The monoisotopic (exact) mass is 363 g/mol. The van der Waals surface area contributed by atoms with Gasteiger partial charge in [-0.25, -0.2) is 0 Å². The average Bonchev–Trinajstić information content (AvgIpc) is 3.21. The zero-order valence-corrected chi connectivity index (χ0v) is 15.9. The van der Waals surface area contributed by atoms with E-state index in [9.17, 15) is 9.59 Å². The largest absolute Gasteiger partial charge is 0.340 e. The first kappa shape index (κ1) is 17.7. The Bertz CT molecular complexity index is 850. The molecular weight excluding hydrogens is 338 g/mol. The first-order chi connectivity index (χ1) is 13.0. The fourth-order valence-electron chi connectivity index (χ4n) is 4.17. The highest BCUT2D eigenvalue weighted by molar-refractivity contribution is 5.94. The highest BCUT2D eigenvalue weighted by atomic mass is 16.2. The summed E-state index contributed by atoms with van der Waals surface area (Å²) in [6.07, 6.45) is 3.55. The summed E-state index contributed by atoms with van der Waals surface area (Å²) in [7, 11) is 1.84. The van der Waals surface area contributed by atoms with Crippen LogP contribution >= 0.6 is 0 Å². The number of aromatic nitrogens is 1. The van der Waals surface area contributed by atoms with E-state index in [0.717, 1.165) is 36.2 Å². The Morgan fingerprint density at radius 3 is 2.70 bits per heavy atom. The molecule has 2 heterocycles. The molecule has 2 amide bonds. The molecule has 2 fully saturated rings. The van der Waals surface area contributed by atoms with Crippen LogP contribution in [0.15, 0.2) is 48.7 Å². The lowest BCUT2D eigenvalue weighted by atomic mass is 10.0. The van der Waals surface area contributed by atoms with Crippen LogP contribution in [0.2, 0.25) is 0 Å². The van der Waals surface area contributed by atoms with Crippen LogP contribution in [0, 0.1) is 18.3 Å². The minimum atomic E-state index is -0.0180. The summed E-state index contributed by atoms with van der Waals surface area (Å²) in [5.74, 6) is 0.277. The summed E-state index contributed by atoms with van der Waals surface area (Å²) in [6, 6.07) is 13.5. The van der Waals surface area contributed by atoms with Crippen molar-refractivity contribution in [1.82, 2.24) is 14.8 Å². The number of carbonyl (C=O) groups is 2. The van der Waals surface area contributed by atoms with E-state index in [-0.39, 0.29) is 23.1 Å². The first-order valence-corrected chi connectivity index (χ1v) is 9.49. The molecule has 2 aliphatic rings. The maximum absolute atomic E-state index is 12.8. The molecule has 4 rings (SSSR count). The molecule has 0 N–H and O–H groups in total. The summed E-state index contributed by atoms with van der Waals surface area (Å²) in [6.45, 7) is 3.97. The van der Waals surface area contributed by atoms with Gasteiger partial charge in [0, 0.05) is 43.2 Å². The lowest BCUT2D eigenvalue weighted by Crippen LogP contribution is -2.32. The normalized spacial score (nSPS) is 23.5. The second-order valence-corrected chi connectivity index (χ2v) is 7.98. The van der Waals surface area contributed by atoms with E-state index in [2.05, 4.69) is 4.98 Å². The lowest BCUT2D eigenvalue weighted by Gasteiger charge is -2.19. The van der Waals surface area contributed by atoms with Crippen LogP contribution in [0.1, 0.15) is 34.5 Å². The molecule has 1 saturated carbocycles. The SMILES string of the molecule is Cc1ccc(C(=O)N2CC[C@@]3(C[C@@H]3C(=O)N(C)Cc3ccccn3)C2)cc1. The number of carbonyl (C=O) groups excluding carboxylic acids is 2. The molecule has 27 heavy (non-hydrogen) atoms. The van der Waals surface area contributed by atoms with Crippen molar-refractivity contribution in [1.29, 1.82) is 0 Å². The van der Waals surface area contributed by atoms with Crippen molar-refractivity contribution in [2.24, 2.45) is 11.3 Å². The van der Waals surface area contributed by atoms with Crippen molar-refractivity contribution in [3.8, 4) is 0 Å². The van der Waals surface area contributed by atoms with Crippen molar-refractivity contribution in [3.63, 3.8) is 0 Å². The molecule has 0 bridgehead atoms. The van der Waals surface area contributed by atoms with Crippen LogP contribution in [0.5, 0.6) is 0 Å². The van der Waals surface area contributed by atoms with E-state index in [0.29, 0.717) is 13.1 Å². The third-order valence-corrected chi connectivity index (χ3v) is 5.96. The standard InChI is InChI=1S/C22H25N3O2/c1-16-6-8-17(9-7-16)20(26)25-12-10-22(15-25)13-19(22)21(27)24(2)14-18-5-3-4-11-23-18/h3-9,11,19H,10,12-15H2,1-2H3/t19-,22-/m1/s1. The van der Waals surface area contributed by atoms with Gasteiger partial charge in [-0.3, -0.25) is 14.6 Å². The molecule has 140 valence electrons. The lowest BCUT2D eigenvalue weighted by molar-refractivity contribution is -0.132. The Morgan fingerprint density at radius 2 is 2.00 bits per heavy atom. The third-order valence-electron chi connectivity index (χ3n) is 5.96. The van der Waals surface area contributed by atoms with Crippen LogP contribution in [0.25, 0.3) is 0 Å². The van der Waals surface area contributed by atoms with Crippen molar-refractivity contribution in [3.05, 3.63) is 65.5 Å². The zero-order chi connectivity index (χ0) is 19.0. The Labute approximate surface area is 160 Å². The minimum absolute atomic E-state index is 0.0180. The van der Waals surface area contributed by atoms with Crippen molar-refractivity contribution < 1.29 is 9.59 Å². The molecule has 1 aliphatic heterocycles. The number of nitrogens with zero attached hydrogens (tertiary/aromatic N) is 3. The van der Waals surface area contributed by atoms with Gasteiger partial charge in [-0.05, 0) is 44.0 Å². The number of amides is 2. The summed E-state index contributed by atoms with van der Waals surface area (Å²) in [5.41, 5.74) is 2.75. The molecule has 5 nitrogen and oxygen atoms in total. The topological polar surface area (TPSA) is 53.5 Å². The molecule has 0 unspecified atom stereocenters. The number of rotatable bonds is 4. The van der Waals surface area contributed by atoms with Gasteiger partial charge in [-0.15, -0.1) is 0 Å². The number of pyridine rings is 1. The molecule has 0 radical (unpaired) electrons. The Kier molecular flexibility index (Phi) is 4.46. The highest BCUT2D eigenvalue weighted by Crippen LogP contribution is 2.59. The maximum atomic E-state index is 12.8. The van der Waals surface area contributed by atoms with Gasteiger partial charge in [0.2, 0.25) is 5.91 Å². The smallest absolute Gasteiger partial charge is 0.253 e. The maximum Gasteiger partial charge on any atom is 0.253 e. The highest BCUT2D eigenvalue weighted by Gasteiger charge is 2.61. The zero-order valence-electron chi connectivity index (χ0n) is 15.9. The molecule has 1 spiro atoms. The Morgan fingerprint density at radius 1 is 1.22 bits per heavy atom. The third kappa shape index (κ3) is 3.46. The van der Waals surface area contributed by atoms with Gasteiger partial charge >= 0.3 is 0 Å². The van der Waals surface area contributed by atoms with Gasteiger partial charge in [-0.2, -0.15) is 0 Å². The predicted molar refractivity (Wildman–Crippen MR) is 103 cm³/mol. The van der Waals surface area contributed by atoms with Crippen LogP contribution in [0.3, 0.4) is 0 Å². The van der Waals surface area contributed by atoms with E-state index in [1.54, 1.807) is 11.1 Å². The van der Waals surface area contributed by atoms with Crippen LogP contribution < -0.4 is 0 Å². The summed E-state index contributed by atoms with van der Waals surface area (Å²) >= 11 is 0. The van der Waals surface area contributed by atoms with E-state index in [4.69, 9.17) is 0 Å². The number of hydrogen-bond acceptors (Lipinski definition) is 3. The van der Waals surface area contributed by atoms with Crippen LogP contribution in [-0.2, 0) is 11.3 Å². The predicted octanol–water partition coefficient (Wildman–Crippen LogP) is 2.90. The average molecular weight is 363 g/mol. The summed E-state index contributed by atoms with van der Waals surface area (Å²) < 4.78 is 0. The van der Waals surface area contributed by atoms with Crippen molar-refractivity contribution in [2.45, 2.75) is 26.3 Å². The molecule has 1 aliphatic carbocycles. The summed E-state index contributed by atoms with van der Waals surface area (Å²) in [4.78, 5) is 33.6.